The van der Waals surface area contributed by atoms with Crippen LogP contribution in [0.3, 0.4) is 0 Å². The zero-order valence-electron chi connectivity index (χ0n) is 43.3. The molecule has 1 amide bonds. The lowest BCUT2D eigenvalue weighted by Gasteiger charge is -2.22. The molecule has 0 aliphatic rings. The first-order valence-electron chi connectivity index (χ1n) is 28.9. The van der Waals surface area contributed by atoms with Gasteiger partial charge in [0.2, 0.25) is 5.91 Å². The number of rotatable bonds is 54. The number of carbonyl (C=O) groups excluding carboxylic acids is 2. The molecule has 6 nitrogen and oxygen atoms in total. The van der Waals surface area contributed by atoms with Gasteiger partial charge in [0, 0.05) is 12.8 Å². The van der Waals surface area contributed by atoms with Crippen LogP contribution < -0.4 is 5.32 Å². The zero-order chi connectivity index (χ0) is 46.5. The van der Waals surface area contributed by atoms with Gasteiger partial charge in [-0.15, -0.1) is 0 Å². The maximum Gasteiger partial charge on any atom is 0.305 e. The largest absolute Gasteiger partial charge is 0.466 e. The molecule has 2 atom stereocenters. The van der Waals surface area contributed by atoms with Gasteiger partial charge in [-0.3, -0.25) is 9.59 Å². The summed E-state index contributed by atoms with van der Waals surface area (Å²) in [4.78, 5) is 24.6. The van der Waals surface area contributed by atoms with Gasteiger partial charge in [-0.25, -0.2) is 0 Å². The molecule has 2 unspecified atom stereocenters. The van der Waals surface area contributed by atoms with Gasteiger partial charge in [0.1, 0.15) is 0 Å². The van der Waals surface area contributed by atoms with E-state index in [0.29, 0.717) is 25.9 Å². The van der Waals surface area contributed by atoms with E-state index in [0.717, 1.165) is 77.0 Å². The summed E-state index contributed by atoms with van der Waals surface area (Å²) in [5.41, 5.74) is 0. The summed E-state index contributed by atoms with van der Waals surface area (Å²) in [6.07, 6.45) is 63.5. The Morgan fingerprint density at radius 2 is 0.734 bits per heavy atom. The number of esters is 1. The number of hydrogen-bond acceptors (Lipinski definition) is 5. The predicted octanol–water partition coefficient (Wildman–Crippen LogP) is 17.7. The summed E-state index contributed by atoms with van der Waals surface area (Å²) < 4.78 is 5.45. The molecule has 0 fully saturated rings. The van der Waals surface area contributed by atoms with Crippen LogP contribution in [0.5, 0.6) is 0 Å². The van der Waals surface area contributed by atoms with Crippen molar-refractivity contribution in [3.05, 3.63) is 12.2 Å². The normalized spacial score (nSPS) is 12.6. The second kappa shape index (κ2) is 54.2. The van der Waals surface area contributed by atoms with Crippen molar-refractivity contribution in [3.63, 3.8) is 0 Å². The minimum Gasteiger partial charge on any atom is -0.466 e. The number of aliphatic hydroxyl groups is 2. The highest BCUT2D eigenvalue weighted by molar-refractivity contribution is 5.76. The van der Waals surface area contributed by atoms with Crippen molar-refractivity contribution in [2.75, 3.05) is 13.2 Å². The number of aliphatic hydroxyl groups excluding tert-OH is 2. The molecular formula is C58H113NO5. The van der Waals surface area contributed by atoms with Crippen LogP contribution in [0.2, 0.25) is 0 Å². The summed E-state index contributed by atoms with van der Waals surface area (Å²) in [6.45, 7) is 4.89. The average Bonchev–Trinajstić information content (AvgIpc) is 3.29. The predicted molar refractivity (Wildman–Crippen MR) is 278 cm³/mol. The Morgan fingerprint density at radius 1 is 0.422 bits per heavy atom. The number of hydrogen-bond donors (Lipinski definition) is 3. The molecule has 0 aliphatic carbocycles. The van der Waals surface area contributed by atoms with Gasteiger partial charge in [-0.05, 0) is 51.4 Å². The van der Waals surface area contributed by atoms with E-state index in [4.69, 9.17) is 4.74 Å². The quantitative estimate of drug-likeness (QED) is 0.0321. The number of amides is 1. The standard InChI is InChI=1S/C58H113NO5/c1-3-5-7-9-11-13-15-17-19-21-22-23-25-26-28-30-34-38-42-46-50-56(61)55(54-60)59-57(62)51-47-43-39-35-32-33-37-41-45-49-53-64-58(63)52-48-44-40-36-31-29-27-24-20-18-16-14-12-10-8-6-4-2/h33,37,55-56,60-61H,3-32,34-36,38-54H2,1-2H3,(H,59,62)/b37-33-. The zero-order valence-corrected chi connectivity index (χ0v) is 43.3. The first kappa shape index (κ1) is 62.6. The van der Waals surface area contributed by atoms with E-state index in [2.05, 4.69) is 31.3 Å². The van der Waals surface area contributed by atoms with Gasteiger partial charge < -0.3 is 20.3 Å². The number of nitrogens with one attached hydrogen (secondary N) is 1. The summed E-state index contributed by atoms with van der Waals surface area (Å²) in [6, 6.07) is -0.566. The van der Waals surface area contributed by atoms with Gasteiger partial charge in [0.25, 0.3) is 0 Å². The minimum atomic E-state index is -0.686. The first-order valence-corrected chi connectivity index (χ1v) is 28.9. The van der Waals surface area contributed by atoms with Crippen molar-refractivity contribution in [2.24, 2.45) is 0 Å². The van der Waals surface area contributed by atoms with Crippen LogP contribution in [0.1, 0.15) is 322 Å². The topological polar surface area (TPSA) is 95.9 Å². The highest BCUT2D eigenvalue weighted by Gasteiger charge is 2.20. The average molecular weight is 905 g/mol. The van der Waals surface area contributed by atoms with E-state index in [-0.39, 0.29) is 18.5 Å². The Labute approximate surface area is 399 Å². The highest BCUT2D eigenvalue weighted by Crippen LogP contribution is 2.18. The van der Waals surface area contributed by atoms with Crippen molar-refractivity contribution in [2.45, 2.75) is 334 Å². The smallest absolute Gasteiger partial charge is 0.305 e. The number of carbonyl (C=O) groups is 2. The van der Waals surface area contributed by atoms with Crippen LogP contribution in [0.25, 0.3) is 0 Å². The van der Waals surface area contributed by atoms with Crippen LogP contribution in [-0.2, 0) is 14.3 Å². The van der Waals surface area contributed by atoms with Crippen LogP contribution in [0.4, 0.5) is 0 Å². The third-order valence-electron chi connectivity index (χ3n) is 13.6. The summed E-state index contributed by atoms with van der Waals surface area (Å²) in [5, 5.41) is 23.3. The monoisotopic (exact) mass is 904 g/mol. The lowest BCUT2D eigenvalue weighted by Crippen LogP contribution is -2.45. The van der Waals surface area contributed by atoms with Crippen molar-refractivity contribution in [3.8, 4) is 0 Å². The Hall–Kier alpha value is -1.40. The van der Waals surface area contributed by atoms with E-state index < -0.39 is 12.1 Å². The molecule has 0 heterocycles. The van der Waals surface area contributed by atoms with E-state index in [1.807, 2.05) is 0 Å². The number of ether oxygens (including phenoxy) is 1. The first-order chi connectivity index (χ1) is 31.5. The Bertz CT molecular complexity index is 955. The second-order valence-electron chi connectivity index (χ2n) is 20.0. The molecule has 6 heteroatoms. The summed E-state index contributed by atoms with van der Waals surface area (Å²) in [5.74, 6) is -0.0985. The molecule has 0 radical (unpaired) electrons. The maximum absolute atomic E-state index is 12.5. The molecule has 0 rings (SSSR count). The van der Waals surface area contributed by atoms with Crippen LogP contribution in [-0.4, -0.2) is 47.4 Å². The Morgan fingerprint density at radius 3 is 1.11 bits per heavy atom. The van der Waals surface area contributed by atoms with Crippen molar-refractivity contribution in [1.82, 2.24) is 5.32 Å². The molecule has 0 aromatic carbocycles. The van der Waals surface area contributed by atoms with E-state index in [1.54, 1.807) is 0 Å². The molecular weight excluding hydrogens is 791 g/mol. The molecule has 0 spiro atoms. The Balaban J connectivity index is 3.49. The fourth-order valence-corrected chi connectivity index (χ4v) is 9.11. The molecule has 64 heavy (non-hydrogen) atoms. The molecule has 0 saturated heterocycles. The fourth-order valence-electron chi connectivity index (χ4n) is 9.11. The maximum atomic E-state index is 12.5. The molecule has 0 aromatic rings. The lowest BCUT2D eigenvalue weighted by molar-refractivity contribution is -0.143. The minimum absolute atomic E-state index is 0.0314. The molecule has 0 bridgehead atoms. The molecule has 380 valence electrons. The van der Waals surface area contributed by atoms with Gasteiger partial charge in [-0.1, -0.05) is 270 Å². The fraction of sp³-hybridized carbons (Fsp3) is 0.931. The van der Waals surface area contributed by atoms with Gasteiger partial charge in [-0.2, -0.15) is 0 Å². The number of allylic oxidation sites excluding steroid dienone is 2. The van der Waals surface area contributed by atoms with Crippen molar-refractivity contribution < 1.29 is 24.5 Å². The van der Waals surface area contributed by atoms with Gasteiger partial charge in [0.15, 0.2) is 0 Å². The van der Waals surface area contributed by atoms with E-state index >= 15 is 0 Å². The summed E-state index contributed by atoms with van der Waals surface area (Å²) >= 11 is 0. The summed E-state index contributed by atoms with van der Waals surface area (Å²) in [7, 11) is 0. The van der Waals surface area contributed by atoms with Gasteiger partial charge in [0.05, 0.1) is 25.4 Å². The molecule has 0 saturated carbocycles. The molecule has 0 aliphatic heterocycles. The molecule has 3 N–H and O–H groups in total. The van der Waals surface area contributed by atoms with Crippen LogP contribution >= 0.6 is 0 Å². The van der Waals surface area contributed by atoms with E-state index in [9.17, 15) is 19.8 Å². The number of unbranched alkanes of at least 4 members (excludes halogenated alkanes) is 41. The van der Waals surface area contributed by atoms with Crippen LogP contribution in [0.15, 0.2) is 12.2 Å². The lowest BCUT2D eigenvalue weighted by atomic mass is 10.0. The van der Waals surface area contributed by atoms with E-state index in [1.165, 1.54) is 212 Å². The van der Waals surface area contributed by atoms with Crippen LogP contribution in [0, 0.1) is 0 Å². The van der Waals surface area contributed by atoms with Gasteiger partial charge >= 0.3 is 5.97 Å². The Kier molecular flexibility index (Phi) is 53.0. The SMILES string of the molecule is CCCCCCCCCCCCCCCCCCCCCCC(O)C(CO)NC(=O)CCCCCC/C=C\CCCCOC(=O)CCCCCCCCCCCCCCCCCCC. The second-order valence-corrected chi connectivity index (χ2v) is 20.0. The molecule has 0 aromatic heterocycles. The third-order valence-corrected chi connectivity index (χ3v) is 13.6. The van der Waals surface area contributed by atoms with Crippen molar-refractivity contribution >= 4 is 11.9 Å². The third kappa shape index (κ3) is 50.0. The highest BCUT2D eigenvalue weighted by atomic mass is 16.5. The van der Waals surface area contributed by atoms with Crippen molar-refractivity contribution in [1.29, 1.82) is 0 Å².